The zero-order valence-electron chi connectivity index (χ0n) is 15.8. The number of methoxy groups -OCH3 is 2. The molecule has 1 atom stereocenters. The average Bonchev–Trinajstić information content (AvgIpc) is 2.64. The van der Waals surface area contributed by atoms with Gasteiger partial charge in [0.25, 0.3) is 0 Å². The van der Waals surface area contributed by atoms with E-state index in [4.69, 9.17) is 14.2 Å². The van der Waals surface area contributed by atoms with Crippen LogP contribution in [0.1, 0.15) is 25.8 Å². The van der Waals surface area contributed by atoms with E-state index in [9.17, 15) is 4.79 Å². The van der Waals surface area contributed by atoms with Crippen LogP contribution in [0.5, 0.6) is 11.5 Å². The lowest BCUT2D eigenvalue weighted by molar-refractivity contribution is -0.150. The van der Waals surface area contributed by atoms with Crippen LogP contribution in [0.2, 0.25) is 0 Å². The number of ether oxygens (including phenoxy) is 3. The minimum absolute atomic E-state index is 0.0988. The first-order valence-electron chi connectivity index (χ1n) is 8.96. The summed E-state index contributed by atoms with van der Waals surface area (Å²) in [4.78, 5) is 16.7. The van der Waals surface area contributed by atoms with Crippen molar-refractivity contribution < 1.29 is 19.0 Å². The summed E-state index contributed by atoms with van der Waals surface area (Å²) in [6, 6.07) is 5.92. The predicted octanol–water partition coefficient (Wildman–Crippen LogP) is 2.16. The van der Waals surface area contributed by atoms with Crippen LogP contribution in [0, 0.1) is 0 Å². The Morgan fingerprint density at radius 3 is 2.32 bits per heavy atom. The van der Waals surface area contributed by atoms with Crippen LogP contribution >= 0.6 is 0 Å². The summed E-state index contributed by atoms with van der Waals surface area (Å²) in [5, 5.41) is 0. The van der Waals surface area contributed by atoms with Crippen LogP contribution in [0.15, 0.2) is 18.2 Å². The van der Waals surface area contributed by atoms with Gasteiger partial charge in [-0.05, 0) is 31.0 Å². The second-order valence-corrected chi connectivity index (χ2v) is 6.18. The van der Waals surface area contributed by atoms with E-state index in [1.807, 2.05) is 26.0 Å². The van der Waals surface area contributed by atoms with E-state index in [1.165, 1.54) is 5.56 Å². The molecule has 0 amide bonds. The molecule has 25 heavy (non-hydrogen) atoms. The normalized spacial score (nSPS) is 17.1. The van der Waals surface area contributed by atoms with Crippen molar-refractivity contribution in [3.63, 3.8) is 0 Å². The molecule has 6 nitrogen and oxygen atoms in total. The van der Waals surface area contributed by atoms with Crippen LogP contribution in [-0.2, 0) is 16.1 Å². The number of carbonyl (C=O) groups excluding carboxylic acids is 1. The van der Waals surface area contributed by atoms with Gasteiger partial charge < -0.3 is 14.2 Å². The highest BCUT2D eigenvalue weighted by Gasteiger charge is 2.28. The van der Waals surface area contributed by atoms with E-state index in [1.54, 1.807) is 14.2 Å². The Morgan fingerprint density at radius 2 is 1.76 bits per heavy atom. The number of benzene rings is 1. The monoisotopic (exact) mass is 350 g/mol. The standard InChI is InChI=1S/C19H30N2O4/c1-5-16(19(22)25-6-2)21-11-9-20(10-12-21)14-15-7-8-17(23-3)18(13-15)24-4/h7-8,13,16H,5-6,9-12,14H2,1-4H3. The molecule has 0 N–H and O–H groups in total. The third-order valence-electron chi connectivity index (χ3n) is 4.65. The van der Waals surface area contributed by atoms with Gasteiger partial charge in [0.2, 0.25) is 0 Å². The molecule has 6 heteroatoms. The molecule has 1 saturated heterocycles. The first kappa shape index (κ1) is 19.5. The summed E-state index contributed by atoms with van der Waals surface area (Å²) in [7, 11) is 3.30. The van der Waals surface area contributed by atoms with Gasteiger partial charge in [0.05, 0.1) is 20.8 Å². The predicted molar refractivity (Wildman–Crippen MR) is 97.1 cm³/mol. The number of hydrogen-bond donors (Lipinski definition) is 0. The SMILES string of the molecule is CCOC(=O)C(CC)N1CCN(Cc2ccc(OC)c(OC)c2)CC1. The Morgan fingerprint density at radius 1 is 1.08 bits per heavy atom. The molecule has 0 radical (unpaired) electrons. The van der Waals surface area contributed by atoms with Crippen molar-refractivity contribution in [1.82, 2.24) is 9.80 Å². The molecule has 2 rings (SSSR count). The van der Waals surface area contributed by atoms with Crippen LogP contribution in [0.4, 0.5) is 0 Å². The van der Waals surface area contributed by atoms with E-state index < -0.39 is 0 Å². The smallest absolute Gasteiger partial charge is 0.323 e. The van der Waals surface area contributed by atoms with Crippen molar-refractivity contribution in [2.45, 2.75) is 32.9 Å². The Kier molecular flexibility index (Phi) is 7.52. The second kappa shape index (κ2) is 9.63. The molecule has 1 unspecified atom stereocenters. The Bertz CT molecular complexity index is 556. The number of rotatable bonds is 8. The summed E-state index contributed by atoms with van der Waals surface area (Å²) >= 11 is 0. The molecular weight excluding hydrogens is 320 g/mol. The van der Waals surface area contributed by atoms with Crippen molar-refractivity contribution in [1.29, 1.82) is 0 Å². The largest absolute Gasteiger partial charge is 0.493 e. The van der Waals surface area contributed by atoms with Gasteiger partial charge in [0.1, 0.15) is 6.04 Å². The van der Waals surface area contributed by atoms with Crippen molar-refractivity contribution in [3.8, 4) is 11.5 Å². The van der Waals surface area contributed by atoms with Gasteiger partial charge in [0, 0.05) is 32.7 Å². The van der Waals surface area contributed by atoms with E-state index in [-0.39, 0.29) is 12.0 Å². The Balaban J connectivity index is 1.91. The Hall–Kier alpha value is -1.79. The average molecular weight is 350 g/mol. The summed E-state index contributed by atoms with van der Waals surface area (Å²) in [5.74, 6) is 1.40. The van der Waals surface area contributed by atoms with Gasteiger partial charge in [-0.15, -0.1) is 0 Å². The lowest BCUT2D eigenvalue weighted by Gasteiger charge is -2.38. The summed E-state index contributed by atoms with van der Waals surface area (Å²) in [6.45, 7) is 8.83. The molecule has 1 aliphatic heterocycles. The highest BCUT2D eigenvalue weighted by molar-refractivity contribution is 5.75. The number of nitrogens with zero attached hydrogens (tertiary/aromatic N) is 2. The quantitative estimate of drug-likeness (QED) is 0.670. The highest BCUT2D eigenvalue weighted by atomic mass is 16.5. The van der Waals surface area contributed by atoms with E-state index in [0.29, 0.717) is 6.61 Å². The van der Waals surface area contributed by atoms with Crippen molar-refractivity contribution in [2.24, 2.45) is 0 Å². The number of hydrogen-bond acceptors (Lipinski definition) is 6. The first-order valence-corrected chi connectivity index (χ1v) is 8.96. The highest BCUT2D eigenvalue weighted by Crippen LogP contribution is 2.28. The fourth-order valence-corrected chi connectivity index (χ4v) is 3.28. The maximum Gasteiger partial charge on any atom is 0.323 e. The molecule has 0 bridgehead atoms. The van der Waals surface area contributed by atoms with Crippen molar-refractivity contribution >= 4 is 5.97 Å². The van der Waals surface area contributed by atoms with E-state index in [0.717, 1.165) is 50.6 Å². The molecule has 1 fully saturated rings. The molecule has 0 aromatic heterocycles. The van der Waals surface area contributed by atoms with Crippen LogP contribution in [0.25, 0.3) is 0 Å². The minimum atomic E-state index is -0.122. The molecule has 0 aliphatic carbocycles. The van der Waals surface area contributed by atoms with E-state index in [2.05, 4.69) is 15.9 Å². The van der Waals surface area contributed by atoms with Gasteiger partial charge >= 0.3 is 5.97 Å². The molecular formula is C19H30N2O4. The number of esters is 1. The lowest BCUT2D eigenvalue weighted by Crippen LogP contribution is -2.52. The van der Waals surface area contributed by atoms with Crippen LogP contribution in [0.3, 0.4) is 0 Å². The van der Waals surface area contributed by atoms with Crippen molar-refractivity contribution in [2.75, 3.05) is 47.0 Å². The minimum Gasteiger partial charge on any atom is -0.493 e. The van der Waals surface area contributed by atoms with Crippen LogP contribution in [-0.4, -0.2) is 68.8 Å². The molecule has 1 heterocycles. The third kappa shape index (κ3) is 5.09. The van der Waals surface area contributed by atoms with Gasteiger partial charge in [-0.25, -0.2) is 0 Å². The summed E-state index contributed by atoms with van der Waals surface area (Å²) < 4.78 is 15.9. The first-order chi connectivity index (χ1) is 12.1. The summed E-state index contributed by atoms with van der Waals surface area (Å²) in [5.41, 5.74) is 1.20. The molecule has 0 saturated carbocycles. The zero-order chi connectivity index (χ0) is 18.2. The fraction of sp³-hybridized carbons (Fsp3) is 0.632. The van der Waals surface area contributed by atoms with Crippen LogP contribution < -0.4 is 9.47 Å². The third-order valence-corrected chi connectivity index (χ3v) is 4.65. The van der Waals surface area contributed by atoms with E-state index >= 15 is 0 Å². The maximum absolute atomic E-state index is 12.1. The lowest BCUT2D eigenvalue weighted by atomic mass is 10.1. The Labute approximate surface area is 150 Å². The summed E-state index contributed by atoms with van der Waals surface area (Å²) in [6.07, 6.45) is 0.786. The maximum atomic E-state index is 12.1. The molecule has 140 valence electrons. The second-order valence-electron chi connectivity index (χ2n) is 6.18. The van der Waals surface area contributed by atoms with Gasteiger partial charge in [-0.2, -0.15) is 0 Å². The van der Waals surface area contributed by atoms with Gasteiger partial charge in [-0.3, -0.25) is 14.6 Å². The molecule has 1 aromatic carbocycles. The molecule has 0 spiro atoms. The number of carbonyl (C=O) groups is 1. The topological polar surface area (TPSA) is 51.2 Å². The fourth-order valence-electron chi connectivity index (χ4n) is 3.28. The zero-order valence-corrected chi connectivity index (χ0v) is 15.8. The molecule has 1 aliphatic rings. The van der Waals surface area contributed by atoms with Crippen molar-refractivity contribution in [3.05, 3.63) is 23.8 Å². The molecule has 1 aromatic rings. The number of piperazine rings is 1. The van der Waals surface area contributed by atoms with Gasteiger partial charge in [-0.1, -0.05) is 13.0 Å². The van der Waals surface area contributed by atoms with Gasteiger partial charge in [0.15, 0.2) is 11.5 Å².